The predicted molar refractivity (Wildman–Crippen MR) is 175 cm³/mol. The summed E-state index contributed by atoms with van der Waals surface area (Å²) in [4.78, 5) is 0. The molecule has 0 unspecified atom stereocenters. The minimum atomic E-state index is 1.18. The normalized spacial score (nSPS) is 11.9. The fraction of sp³-hybridized carbons (Fsp3) is 0.0500. The van der Waals surface area contributed by atoms with Gasteiger partial charge in [-0.2, -0.15) is 0 Å². The average Bonchev–Trinajstić information content (AvgIpc) is 3.03. The first-order valence-electron chi connectivity index (χ1n) is 13.8. The summed E-state index contributed by atoms with van der Waals surface area (Å²) in [5.74, 6) is 0. The van der Waals surface area contributed by atoms with Crippen molar-refractivity contribution in [2.75, 3.05) is 0 Å². The summed E-state index contributed by atoms with van der Waals surface area (Å²) in [5, 5.41) is 0. The van der Waals surface area contributed by atoms with E-state index in [-0.39, 0.29) is 0 Å². The number of hydrogen-bond acceptors (Lipinski definition) is 0. The van der Waals surface area contributed by atoms with Crippen LogP contribution in [-0.2, 0) is 0 Å². The highest BCUT2D eigenvalue weighted by molar-refractivity contribution is 5.93. The highest BCUT2D eigenvalue weighted by Crippen LogP contribution is 2.30. The zero-order valence-electron chi connectivity index (χ0n) is 23.2. The average molecular weight is 515 g/mol. The lowest BCUT2D eigenvalue weighted by Crippen LogP contribution is -1.89. The molecule has 5 rings (SSSR count). The maximum atomic E-state index is 2.27. The van der Waals surface area contributed by atoms with Gasteiger partial charge in [-0.05, 0) is 81.7 Å². The predicted octanol–water partition coefficient (Wildman–Crippen LogP) is 11.0. The molecule has 0 N–H and O–H groups in total. The molecule has 0 spiro atoms. The highest BCUT2D eigenvalue weighted by atomic mass is 14.1. The Balaban J connectivity index is 1.42. The summed E-state index contributed by atoms with van der Waals surface area (Å²) < 4.78 is 0. The smallest absolute Gasteiger partial charge is 0.0105 e. The highest BCUT2D eigenvalue weighted by Gasteiger charge is 2.07. The van der Waals surface area contributed by atoms with Gasteiger partial charge in [-0.25, -0.2) is 0 Å². The first kappa shape index (κ1) is 26.7. The largest absolute Gasteiger partial charge is 0.0871 e. The molecule has 0 fully saturated rings. The van der Waals surface area contributed by atoms with Crippen molar-refractivity contribution in [3.05, 3.63) is 191 Å². The third-order valence-corrected chi connectivity index (χ3v) is 7.00. The minimum Gasteiger partial charge on any atom is -0.0871 e. The lowest BCUT2D eigenvalue weighted by molar-refractivity contribution is 1.53. The lowest BCUT2D eigenvalue weighted by Gasteiger charge is -2.11. The van der Waals surface area contributed by atoms with E-state index in [1.54, 1.807) is 0 Å². The van der Waals surface area contributed by atoms with E-state index in [9.17, 15) is 0 Å². The van der Waals surface area contributed by atoms with Crippen LogP contribution in [0.5, 0.6) is 0 Å². The second kappa shape index (κ2) is 13.2. The van der Waals surface area contributed by atoms with Crippen LogP contribution in [0.25, 0.3) is 34.4 Å². The van der Waals surface area contributed by atoms with Gasteiger partial charge in [0, 0.05) is 0 Å². The Morgan fingerprint density at radius 1 is 0.450 bits per heavy atom. The van der Waals surface area contributed by atoms with Crippen molar-refractivity contribution < 1.29 is 0 Å². The van der Waals surface area contributed by atoms with E-state index in [2.05, 4.69) is 184 Å². The summed E-state index contributed by atoms with van der Waals surface area (Å²) in [7, 11) is 0. The van der Waals surface area contributed by atoms with Gasteiger partial charge < -0.3 is 0 Å². The van der Waals surface area contributed by atoms with E-state index in [1.165, 1.54) is 55.7 Å². The van der Waals surface area contributed by atoms with E-state index in [0.29, 0.717) is 0 Å². The van der Waals surface area contributed by atoms with Crippen molar-refractivity contribution in [1.29, 1.82) is 0 Å². The molecular weight excluding hydrogens is 480 g/mol. The van der Waals surface area contributed by atoms with E-state index in [0.717, 1.165) is 0 Å². The number of allylic oxidation sites excluding steroid dienone is 5. The summed E-state index contributed by atoms with van der Waals surface area (Å²) in [6.07, 6.45) is 11.0. The number of rotatable bonds is 8. The topological polar surface area (TPSA) is 0 Å². The van der Waals surface area contributed by atoms with Crippen molar-refractivity contribution in [3.63, 3.8) is 0 Å². The van der Waals surface area contributed by atoms with Gasteiger partial charge >= 0.3 is 0 Å². The molecule has 0 aliphatic heterocycles. The minimum absolute atomic E-state index is 1.18. The molecule has 0 bridgehead atoms. The zero-order chi connectivity index (χ0) is 27.6. The molecule has 0 nitrogen and oxygen atoms in total. The Hall–Kier alpha value is -4.94. The van der Waals surface area contributed by atoms with E-state index >= 15 is 0 Å². The van der Waals surface area contributed by atoms with Crippen LogP contribution in [0.3, 0.4) is 0 Å². The summed E-state index contributed by atoms with van der Waals surface area (Å²) in [5.41, 5.74) is 12.1. The fourth-order valence-corrected chi connectivity index (χ4v) is 4.92. The lowest BCUT2D eigenvalue weighted by atomic mass is 9.94. The Labute approximate surface area is 239 Å². The fourth-order valence-electron chi connectivity index (χ4n) is 4.92. The Morgan fingerprint density at radius 3 is 1.30 bits per heavy atom. The van der Waals surface area contributed by atoms with Gasteiger partial charge in [0.2, 0.25) is 0 Å². The van der Waals surface area contributed by atoms with E-state index < -0.39 is 0 Å². The van der Waals surface area contributed by atoms with Gasteiger partial charge in [0.15, 0.2) is 0 Å². The van der Waals surface area contributed by atoms with Crippen molar-refractivity contribution >= 4 is 23.3 Å². The summed E-state index contributed by atoms with van der Waals surface area (Å²) in [6, 6.07) is 49.4. The standard InChI is InChI=1S/C40H34/c1-3-14-33(4-2)39(36-15-8-5-9-16-36)29-31-21-25-34(26-22-31)35-27-23-32(24-28-35)30-40(37-17-10-6-11-18-37)38-19-12-7-13-20-38/h3-30H,1-2H3/b14-3-,33-4+,39-29+. The summed E-state index contributed by atoms with van der Waals surface area (Å²) >= 11 is 0. The van der Waals surface area contributed by atoms with Crippen LogP contribution in [0.2, 0.25) is 0 Å². The second-order valence-electron chi connectivity index (χ2n) is 9.70. The van der Waals surface area contributed by atoms with Crippen LogP contribution in [0.4, 0.5) is 0 Å². The first-order valence-corrected chi connectivity index (χ1v) is 13.8. The Morgan fingerprint density at radius 2 is 0.875 bits per heavy atom. The molecule has 0 aromatic heterocycles. The van der Waals surface area contributed by atoms with E-state index in [4.69, 9.17) is 0 Å². The first-order chi connectivity index (χ1) is 19.7. The second-order valence-corrected chi connectivity index (χ2v) is 9.70. The van der Waals surface area contributed by atoms with Crippen molar-refractivity contribution in [1.82, 2.24) is 0 Å². The molecule has 194 valence electrons. The maximum absolute atomic E-state index is 2.27. The van der Waals surface area contributed by atoms with Crippen molar-refractivity contribution in [2.45, 2.75) is 13.8 Å². The molecule has 40 heavy (non-hydrogen) atoms. The Kier molecular flexibility index (Phi) is 8.81. The molecule has 0 heteroatoms. The van der Waals surface area contributed by atoms with Gasteiger partial charge in [-0.1, -0.05) is 158 Å². The van der Waals surface area contributed by atoms with Crippen molar-refractivity contribution in [3.8, 4) is 11.1 Å². The quantitative estimate of drug-likeness (QED) is 0.143. The van der Waals surface area contributed by atoms with Gasteiger partial charge in [0.05, 0.1) is 0 Å². The maximum Gasteiger partial charge on any atom is -0.0105 e. The van der Waals surface area contributed by atoms with E-state index in [1.807, 2.05) is 0 Å². The number of benzene rings is 5. The molecule has 0 heterocycles. The molecule has 0 aliphatic rings. The SMILES string of the molecule is C\C=C/C(=C\C)C(=C\c1ccc(-c2ccc(C=C(c3ccccc3)c3ccccc3)cc2)cc1)/c1ccccc1. The molecule has 0 saturated heterocycles. The van der Waals surface area contributed by atoms with Gasteiger partial charge in [0.25, 0.3) is 0 Å². The van der Waals surface area contributed by atoms with Crippen LogP contribution in [0.1, 0.15) is 41.7 Å². The van der Waals surface area contributed by atoms with Gasteiger partial charge in [0.1, 0.15) is 0 Å². The third-order valence-electron chi connectivity index (χ3n) is 7.00. The molecule has 0 aliphatic carbocycles. The van der Waals surface area contributed by atoms with Crippen LogP contribution in [0.15, 0.2) is 163 Å². The van der Waals surface area contributed by atoms with Gasteiger partial charge in [-0.3, -0.25) is 0 Å². The van der Waals surface area contributed by atoms with Gasteiger partial charge in [-0.15, -0.1) is 0 Å². The molecule has 0 atom stereocenters. The molecule has 0 amide bonds. The zero-order valence-corrected chi connectivity index (χ0v) is 23.2. The third kappa shape index (κ3) is 6.54. The monoisotopic (exact) mass is 514 g/mol. The summed E-state index contributed by atoms with van der Waals surface area (Å²) in [6.45, 7) is 4.16. The van der Waals surface area contributed by atoms with Crippen LogP contribution >= 0.6 is 0 Å². The molecule has 5 aromatic carbocycles. The molecular formula is C40H34. The van der Waals surface area contributed by atoms with Crippen LogP contribution < -0.4 is 0 Å². The van der Waals surface area contributed by atoms with Crippen LogP contribution in [0, 0.1) is 0 Å². The molecule has 5 aromatic rings. The molecule has 0 saturated carbocycles. The van der Waals surface area contributed by atoms with Crippen molar-refractivity contribution in [2.24, 2.45) is 0 Å². The Bertz CT molecular complexity index is 1590. The molecule has 0 radical (unpaired) electrons. The number of hydrogen-bond donors (Lipinski definition) is 0. The van der Waals surface area contributed by atoms with Crippen LogP contribution in [-0.4, -0.2) is 0 Å².